The monoisotopic (exact) mass is 413 g/mol. The van der Waals surface area contributed by atoms with E-state index in [-0.39, 0.29) is 11.8 Å². The summed E-state index contributed by atoms with van der Waals surface area (Å²) >= 11 is 0. The van der Waals surface area contributed by atoms with Gasteiger partial charge in [0.15, 0.2) is 0 Å². The number of hydrogen-bond acceptors (Lipinski definition) is 3. The molecule has 1 fully saturated rings. The predicted octanol–water partition coefficient (Wildman–Crippen LogP) is 4.32. The Balaban J connectivity index is 1.57. The Labute approximate surface area is 178 Å². The lowest BCUT2D eigenvalue weighted by Gasteiger charge is -2.26. The van der Waals surface area contributed by atoms with Crippen LogP contribution in [0.4, 0.5) is 9.18 Å². The molecule has 0 spiro atoms. The van der Waals surface area contributed by atoms with Crippen molar-refractivity contribution in [3.8, 4) is 5.75 Å². The van der Waals surface area contributed by atoms with Crippen LogP contribution < -0.4 is 15.4 Å². The third-order valence-electron chi connectivity index (χ3n) is 5.13. The summed E-state index contributed by atoms with van der Waals surface area (Å²) in [4.78, 5) is 14.7. The maximum absolute atomic E-state index is 13.2. The summed E-state index contributed by atoms with van der Waals surface area (Å²) < 4.78 is 18.9. The number of nitrogens with zero attached hydrogens (tertiary/aromatic N) is 1. The van der Waals surface area contributed by atoms with E-state index in [2.05, 4.69) is 24.5 Å². The van der Waals surface area contributed by atoms with Crippen molar-refractivity contribution in [3.63, 3.8) is 0 Å². The van der Waals surface area contributed by atoms with Crippen LogP contribution in [0.25, 0.3) is 0 Å². The van der Waals surface area contributed by atoms with E-state index in [9.17, 15) is 9.18 Å². The van der Waals surface area contributed by atoms with E-state index in [0.717, 1.165) is 36.3 Å². The maximum Gasteiger partial charge on any atom is 0.318 e. The molecule has 1 aliphatic rings. The van der Waals surface area contributed by atoms with Gasteiger partial charge in [0.25, 0.3) is 0 Å². The molecule has 0 saturated carbocycles. The number of rotatable bonds is 9. The van der Waals surface area contributed by atoms with Gasteiger partial charge in [0.05, 0.1) is 6.61 Å². The largest absolute Gasteiger partial charge is 0.493 e. The van der Waals surface area contributed by atoms with E-state index in [1.807, 2.05) is 24.3 Å². The first-order valence-electron chi connectivity index (χ1n) is 10.7. The van der Waals surface area contributed by atoms with Gasteiger partial charge in [0.1, 0.15) is 11.6 Å². The summed E-state index contributed by atoms with van der Waals surface area (Å²) in [5.74, 6) is 1.04. The minimum absolute atomic E-state index is 0.117. The highest BCUT2D eigenvalue weighted by Gasteiger charge is 2.21. The average Bonchev–Trinajstić information content (AvgIpc) is 3.25. The summed E-state index contributed by atoms with van der Waals surface area (Å²) in [6, 6.07) is 14.3. The molecule has 0 bridgehead atoms. The SMILES string of the molecule is CC(C)COc1ccc(CNC(=O)N(Cc2ccc(F)cc2)C[C@@H]2CCCN2)cc1. The molecule has 162 valence electrons. The minimum atomic E-state index is -0.270. The van der Waals surface area contributed by atoms with Crippen molar-refractivity contribution in [1.82, 2.24) is 15.5 Å². The molecule has 6 heteroatoms. The molecule has 1 saturated heterocycles. The smallest absolute Gasteiger partial charge is 0.318 e. The summed E-state index contributed by atoms with van der Waals surface area (Å²) in [6.45, 7) is 7.43. The van der Waals surface area contributed by atoms with E-state index < -0.39 is 0 Å². The third-order valence-corrected chi connectivity index (χ3v) is 5.13. The molecule has 2 aromatic rings. The standard InChI is InChI=1S/C24H32FN3O2/c1-18(2)17-30-23-11-7-19(8-12-23)14-27-24(29)28(16-22-4-3-13-26-22)15-20-5-9-21(25)10-6-20/h5-12,18,22,26H,3-4,13-17H2,1-2H3,(H,27,29)/t22-/m0/s1. The quantitative estimate of drug-likeness (QED) is 0.644. The fourth-order valence-electron chi connectivity index (χ4n) is 3.46. The van der Waals surface area contributed by atoms with E-state index in [1.54, 1.807) is 17.0 Å². The van der Waals surface area contributed by atoms with Gasteiger partial charge in [0.2, 0.25) is 0 Å². The number of ether oxygens (including phenoxy) is 1. The van der Waals surface area contributed by atoms with Crippen LogP contribution in [0.2, 0.25) is 0 Å². The third kappa shape index (κ3) is 7.02. The van der Waals surface area contributed by atoms with Gasteiger partial charge in [-0.15, -0.1) is 0 Å². The van der Waals surface area contributed by atoms with Crippen molar-refractivity contribution >= 4 is 6.03 Å². The van der Waals surface area contributed by atoms with Crippen molar-refractivity contribution in [3.05, 3.63) is 65.5 Å². The van der Waals surface area contributed by atoms with E-state index >= 15 is 0 Å². The highest BCUT2D eigenvalue weighted by molar-refractivity contribution is 5.74. The number of carbonyl (C=O) groups is 1. The number of halogens is 1. The Bertz CT molecular complexity index is 787. The lowest BCUT2D eigenvalue weighted by atomic mass is 10.1. The molecular formula is C24H32FN3O2. The lowest BCUT2D eigenvalue weighted by molar-refractivity contribution is 0.189. The Hall–Kier alpha value is -2.60. The van der Waals surface area contributed by atoms with Crippen molar-refractivity contribution in [2.45, 2.75) is 45.8 Å². The molecule has 3 rings (SSSR count). The molecular weight excluding hydrogens is 381 g/mol. The topological polar surface area (TPSA) is 53.6 Å². The fourth-order valence-corrected chi connectivity index (χ4v) is 3.46. The first kappa shape index (κ1) is 22.1. The molecule has 1 aliphatic heterocycles. The maximum atomic E-state index is 13.2. The number of benzene rings is 2. The second-order valence-electron chi connectivity index (χ2n) is 8.31. The van der Waals surface area contributed by atoms with Gasteiger partial charge in [-0.3, -0.25) is 0 Å². The number of urea groups is 1. The fraction of sp³-hybridized carbons (Fsp3) is 0.458. The van der Waals surface area contributed by atoms with Gasteiger partial charge in [-0.25, -0.2) is 9.18 Å². The van der Waals surface area contributed by atoms with Crippen LogP contribution in [0.1, 0.15) is 37.8 Å². The highest BCUT2D eigenvalue weighted by Crippen LogP contribution is 2.14. The predicted molar refractivity (Wildman–Crippen MR) is 117 cm³/mol. The zero-order chi connectivity index (χ0) is 21.3. The van der Waals surface area contributed by atoms with Crippen molar-refractivity contribution in [1.29, 1.82) is 0 Å². The summed E-state index contributed by atoms with van der Waals surface area (Å²) in [5, 5.41) is 6.46. The van der Waals surface area contributed by atoms with Crippen molar-refractivity contribution < 1.29 is 13.9 Å². The molecule has 1 heterocycles. The van der Waals surface area contributed by atoms with Crippen molar-refractivity contribution in [2.24, 2.45) is 5.92 Å². The van der Waals surface area contributed by atoms with E-state index in [0.29, 0.717) is 38.2 Å². The first-order valence-corrected chi connectivity index (χ1v) is 10.7. The Kier molecular flexibility index (Phi) is 8.08. The number of nitrogens with one attached hydrogen (secondary N) is 2. The van der Waals surface area contributed by atoms with Gasteiger partial charge in [-0.05, 0) is 60.7 Å². The van der Waals surface area contributed by atoms with Crippen LogP contribution in [0.15, 0.2) is 48.5 Å². The zero-order valence-corrected chi connectivity index (χ0v) is 17.9. The molecule has 0 unspecified atom stereocenters. The Morgan fingerprint density at radius 2 is 1.87 bits per heavy atom. The molecule has 2 amide bonds. The second-order valence-corrected chi connectivity index (χ2v) is 8.31. The van der Waals surface area contributed by atoms with Crippen LogP contribution in [-0.2, 0) is 13.1 Å². The van der Waals surface area contributed by atoms with Gasteiger partial charge in [-0.2, -0.15) is 0 Å². The highest BCUT2D eigenvalue weighted by atomic mass is 19.1. The number of amides is 2. The summed E-state index contributed by atoms with van der Waals surface area (Å²) in [6.07, 6.45) is 2.19. The van der Waals surface area contributed by atoms with E-state index in [4.69, 9.17) is 4.74 Å². The second kappa shape index (κ2) is 11.0. The van der Waals surface area contributed by atoms with Gasteiger partial charge >= 0.3 is 6.03 Å². The van der Waals surface area contributed by atoms with Crippen LogP contribution in [0.3, 0.4) is 0 Å². The van der Waals surface area contributed by atoms with Crippen LogP contribution in [0.5, 0.6) is 5.75 Å². The molecule has 1 atom stereocenters. The van der Waals surface area contributed by atoms with E-state index in [1.165, 1.54) is 12.1 Å². The van der Waals surface area contributed by atoms with Crippen molar-refractivity contribution in [2.75, 3.05) is 19.7 Å². The van der Waals surface area contributed by atoms with Gasteiger partial charge < -0.3 is 20.3 Å². The minimum Gasteiger partial charge on any atom is -0.493 e. The summed E-state index contributed by atoms with van der Waals surface area (Å²) in [7, 11) is 0. The number of carbonyl (C=O) groups excluding carboxylic acids is 1. The molecule has 2 aromatic carbocycles. The summed E-state index contributed by atoms with van der Waals surface area (Å²) in [5.41, 5.74) is 1.93. The van der Waals surface area contributed by atoms with Gasteiger partial charge in [-0.1, -0.05) is 38.1 Å². The zero-order valence-electron chi connectivity index (χ0n) is 17.9. The number of hydrogen-bond donors (Lipinski definition) is 2. The lowest BCUT2D eigenvalue weighted by Crippen LogP contribution is -2.45. The molecule has 0 aromatic heterocycles. The van der Waals surface area contributed by atoms with Crippen LogP contribution >= 0.6 is 0 Å². The average molecular weight is 414 g/mol. The molecule has 30 heavy (non-hydrogen) atoms. The molecule has 5 nitrogen and oxygen atoms in total. The first-order chi connectivity index (χ1) is 14.5. The van der Waals surface area contributed by atoms with Crippen LogP contribution in [-0.4, -0.2) is 36.7 Å². The Morgan fingerprint density at radius 3 is 2.50 bits per heavy atom. The van der Waals surface area contributed by atoms with Crippen LogP contribution in [0, 0.1) is 11.7 Å². The normalized spacial score (nSPS) is 15.9. The van der Waals surface area contributed by atoms with Gasteiger partial charge in [0, 0.05) is 25.7 Å². The molecule has 0 radical (unpaired) electrons. The Morgan fingerprint density at radius 1 is 1.17 bits per heavy atom. The molecule has 0 aliphatic carbocycles. The molecule has 2 N–H and O–H groups in total.